The van der Waals surface area contributed by atoms with Crippen molar-refractivity contribution in [1.82, 2.24) is 5.32 Å². The molecule has 0 fully saturated rings. The van der Waals surface area contributed by atoms with E-state index in [0.29, 0.717) is 13.0 Å². The normalized spacial score (nSPS) is 10.6. The molecule has 0 radical (unpaired) electrons. The van der Waals surface area contributed by atoms with Crippen LogP contribution in [0.5, 0.6) is 0 Å². The van der Waals surface area contributed by atoms with Gasteiger partial charge in [-0.05, 0) is 36.6 Å². The number of ether oxygens (including phenoxy) is 1. The summed E-state index contributed by atoms with van der Waals surface area (Å²) in [4.78, 5) is 22.4. The van der Waals surface area contributed by atoms with Crippen LogP contribution >= 0.6 is 0 Å². The first-order chi connectivity index (χ1) is 10.1. The lowest BCUT2D eigenvalue weighted by Crippen LogP contribution is -2.22. The molecule has 0 aliphatic carbocycles. The summed E-state index contributed by atoms with van der Waals surface area (Å²) < 4.78 is 17.2. The monoisotopic (exact) mass is 293 g/mol. The number of carbonyl (C=O) groups excluding carboxylic acids is 2. The Bertz CT molecular complexity index is 483. The number of carbonyl (C=O) groups is 2. The van der Waals surface area contributed by atoms with E-state index in [1.165, 1.54) is 25.3 Å². The molecule has 1 rings (SSSR count). The summed E-state index contributed by atoms with van der Waals surface area (Å²) in [5.41, 5.74) is 0.768. The van der Waals surface area contributed by atoms with E-state index in [4.69, 9.17) is 0 Å². The van der Waals surface area contributed by atoms with Crippen LogP contribution < -0.4 is 5.32 Å². The fourth-order valence-corrected chi connectivity index (χ4v) is 1.69. The summed E-state index contributed by atoms with van der Waals surface area (Å²) in [7, 11) is 1.37. The molecule has 0 bridgehead atoms. The average molecular weight is 293 g/mol. The van der Waals surface area contributed by atoms with Crippen LogP contribution in [0.15, 0.2) is 30.3 Å². The molecular weight excluding hydrogens is 273 g/mol. The van der Waals surface area contributed by atoms with E-state index in [2.05, 4.69) is 10.1 Å². The summed E-state index contributed by atoms with van der Waals surface area (Å²) in [6.07, 6.45) is 5.89. The summed E-state index contributed by atoms with van der Waals surface area (Å²) in [5, 5.41) is 2.75. The van der Waals surface area contributed by atoms with Gasteiger partial charge in [0.1, 0.15) is 5.82 Å². The molecule has 21 heavy (non-hydrogen) atoms. The predicted octanol–water partition coefficient (Wildman–Crippen LogP) is 2.69. The van der Waals surface area contributed by atoms with Gasteiger partial charge in [-0.2, -0.15) is 0 Å². The van der Waals surface area contributed by atoms with Gasteiger partial charge in [0.2, 0.25) is 5.91 Å². The quantitative estimate of drug-likeness (QED) is 0.455. The number of benzene rings is 1. The highest BCUT2D eigenvalue weighted by Gasteiger charge is 2.00. The second kappa shape index (κ2) is 9.69. The lowest BCUT2D eigenvalue weighted by atomic mass is 10.2. The number of methoxy groups -OCH3 is 1. The third-order valence-corrected chi connectivity index (χ3v) is 2.88. The van der Waals surface area contributed by atoms with Crippen molar-refractivity contribution in [3.63, 3.8) is 0 Å². The first-order valence-corrected chi connectivity index (χ1v) is 6.90. The maximum absolute atomic E-state index is 12.7. The highest BCUT2D eigenvalue weighted by atomic mass is 19.1. The second-order valence-electron chi connectivity index (χ2n) is 4.56. The number of esters is 1. The minimum absolute atomic E-state index is 0.188. The van der Waals surface area contributed by atoms with Crippen molar-refractivity contribution >= 4 is 18.0 Å². The highest BCUT2D eigenvalue weighted by Crippen LogP contribution is 2.04. The van der Waals surface area contributed by atoms with E-state index in [9.17, 15) is 14.0 Å². The van der Waals surface area contributed by atoms with E-state index in [0.717, 1.165) is 24.8 Å². The molecule has 0 unspecified atom stereocenters. The van der Waals surface area contributed by atoms with Crippen LogP contribution in [-0.2, 0) is 14.3 Å². The Labute approximate surface area is 124 Å². The summed E-state index contributed by atoms with van der Waals surface area (Å²) >= 11 is 0. The van der Waals surface area contributed by atoms with Gasteiger partial charge in [-0.1, -0.05) is 18.6 Å². The van der Waals surface area contributed by atoms with Gasteiger partial charge in [-0.3, -0.25) is 9.59 Å². The average Bonchev–Trinajstić information content (AvgIpc) is 2.49. The standard InChI is InChI=1S/C16H20FNO3/c1-21-16(20)5-3-2-4-12-18-15(19)11-8-13-6-9-14(17)10-7-13/h6-11H,2-5,12H2,1H3,(H,18,19)/b11-8+. The van der Waals surface area contributed by atoms with Crippen molar-refractivity contribution in [1.29, 1.82) is 0 Å². The molecule has 1 aromatic carbocycles. The molecule has 0 heterocycles. The van der Waals surface area contributed by atoms with Gasteiger partial charge in [0.15, 0.2) is 0 Å². The van der Waals surface area contributed by atoms with Crippen molar-refractivity contribution < 1.29 is 18.7 Å². The molecule has 1 aromatic rings. The Balaban J connectivity index is 2.14. The zero-order valence-corrected chi connectivity index (χ0v) is 12.1. The van der Waals surface area contributed by atoms with Gasteiger partial charge in [0.05, 0.1) is 7.11 Å². The Morgan fingerprint density at radius 1 is 1.19 bits per heavy atom. The molecule has 0 saturated heterocycles. The number of unbranched alkanes of at least 4 members (excludes halogenated alkanes) is 2. The summed E-state index contributed by atoms with van der Waals surface area (Å²) in [6, 6.07) is 5.90. The van der Waals surface area contributed by atoms with Crippen molar-refractivity contribution in [2.75, 3.05) is 13.7 Å². The van der Waals surface area contributed by atoms with E-state index < -0.39 is 0 Å². The first-order valence-electron chi connectivity index (χ1n) is 6.90. The van der Waals surface area contributed by atoms with Gasteiger partial charge >= 0.3 is 5.97 Å². The van der Waals surface area contributed by atoms with Crippen LogP contribution in [0.2, 0.25) is 0 Å². The van der Waals surface area contributed by atoms with Gasteiger partial charge in [-0.15, -0.1) is 0 Å². The van der Waals surface area contributed by atoms with Crippen LogP contribution in [-0.4, -0.2) is 25.5 Å². The SMILES string of the molecule is COC(=O)CCCCCNC(=O)/C=C/c1ccc(F)cc1. The van der Waals surface area contributed by atoms with Crippen LogP contribution in [0.4, 0.5) is 4.39 Å². The van der Waals surface area contributed by atoms with Gasteiger partial charge in [0.25, 0.3) is 0 Å². The van der Waals surface area contributed by atoms with Crippen LogP contribution in [0.1, 0.15) is 31.2 Å². The third-order valence-electron chi connectivity index (χ3n) is 2.88. The number of hydrogen-bond donors (Lipinski definition) is 1. The molecular formula is C16H20FNO3. The zero-order chi connectivity index (χ0) is 15.5. The van der Waals surface area contributed by atoms with Crippen molar-refractivity contribution in [3.8, 4) is 0 Å². The molecule has 1 N–H and O–H groups in total. The smallest absolute Gasteiger partial charge is 0.305 e. The molecule has 1 amide bonds. The van der Waals surface area contributed by atoms with Crippen LogP contribution in [0.25, 0.3) is 6.08 Å². The van der Waals surface area contributed by atoms with Gasteiger partial charge in [0, 0.05) is 19.0 Å². The maximum Gasteiger partial charge on any atom is 0.305 e. The van der Waals surface area contributed by atoms with Gasteiger partial charge in [-0.25, -0.2) is 4.39 Å². The first kappa shape index (κ1) is 16.9. The molecule has 0 saturated carbocycles. The summed E-state index contributed by atoms with van der Waals surface area (Å²) in [6.45, 7) is 0.563. The second-order valence-corrected chi connectivity index (χ2v) is 4.56. The minimum Gasteiger partial charge on any atom is -0.469 e. The van der Waals surface area contributed by atoms with Crippen molar-refractivity contribution in [2.45, 2.75) is 25.7 Å². The minimum atomic E-state index is -0.302. The number of hydrogen-bond acceptors (Lipinski definition) is 3. The lowest BCUT2D eigenvalue weighted by molar-refractivity contribution is -0.140. The third kappa shape index (κ3) is 7.87. The van der Waals surface area contributed by atoms with E-state index in [1.54, 1.807) is 18.2 Å². The summed E-state index contributed by atoms with van der Waals surface area (Å²) in [5.74, 6) is -0.697. The number of nitrogens with one attached hydrogen (secondary N) is 1. The molecule has 0 spiro atoms. The molecule has 5 heteroatoms. The van der Waals surface area contributed by atoms with Crippen LogP contribution in [0.3, 0.4) is 0 Å². The molecule has 0 aromatic heterocycles. The van der Waals surface area contributed by atoms with E-state index >= 15 is 0 Å². The largest absolute Gasteiger partial charge is 0.469 e. The van der Waals surface area contributed by atoms with Crippen molar-refractivity contribution in [3.05, 3.63) is 41.7 Å². The zero-order valence-electron chi connectivity index (χ0n) is 12.1. The molecule has 4 nitrogen and oxygen atoms in total. The topological polar surface area (TPSA) is 55.4 Å². The lowest BCUT2D eigenvalue weighted by Gasteiger charge is -2.02. The molecule has 0 aliphatic heterocycles. The number of rotatable bonds is 8. The number of amides is 1. The van der Waals surface area contributed by atoms with Crippen molar-refractivity contribution in [2.24, 2.45) is 0 Å². The molecule has 114 valence electrons. The van der Waals surface area contributed by atoms with Gasteiger partial charge < -0.3 is 10.1 Å². The predicted molar refractivity (Wildman–Crippen MR) is 78.9 cm³/mol. The Kier molecular flexibility index (Phi) is 7.79. The Hall–Kier alpha value is -2.17. The van der Waals surface area contributed by atoms with E-state index in [-0.39, 0.29) is 17.7 Å². The fourth-order valence-electron chi connectivity index (χ4n) is 1.69. The van der Waals surface area contributed by atoms with Crippen LogP contribution in [0, 0.1) is 5.82 Å². The fraction of sp³-hybridized carbons (Fsp3) is 0.375. The maximum atomic E-state index is 12.7. The Morgan fingerprint density at radius 2 is 1.90 bits per heavy atom. The molecule has 0 atom stereocenters. The Morgan fingerprint density at radius 3 is 2.57 bits per heavy atom. The van der Waals surface area contributed by atoms with E-state index in [1.807, 2.05) is 0 Å². The number of halogens is 1. The molecule has 0 aliphatic rings. The highest BCUT2D eigenvalue weighted by molar-refractivity contribution is 5.91.